The number of ketones is 1. The fraction of sp³-hybridized carbons (Fsp3) is 0.438. The first-order chi connectivity index (χ1) is 10.1. The van der Waals surface area contributed by atoms with Gasteiger partial charge in [-0.1, -0.05) is 18.2 Å². The quantitative estimate of drug-likeness (QED) is 0.905. The molecule has 6 heteroatoms. The summed E-state index contributed by atoms with van der Waals surface area (Å²) in [5.41, 5.74) is -2.33. The number of hydrogen-bond acceptors (Lipinski definition) is 5. The second kappa shape index (κ2) is 5.21. The van der Waals surface area contributed by atoms with E-state index in [1.54, 1.807) is 32.9 Å². The number of carbonyl (C=O) groups excluding carboxylic acids is 3. The summed E-state index contributed by atoms with van der Waals surface area (Å²) in [6.45, 7) is 6.32. The van der Waals surface area contributed by atoms with Gasteiger partial charge in [0.2, 0.25) is 0 Å². The van der Waals surface area contributed by atoms with Gasteiger partial charge in [0.05, 0.1) is 5.69 Å². The number of hydrogen-bond donors (Lipinski definition) is 1. The van der Waals surface area contributed by atoms with Crippen molar-refractivity contribution < 1.29 is 24.2 Å². The molecular formula is C16H19NO5. The van der Waals surface area contributed by atoms with Gasteiger partial charge in [-0.05, 0) is 33.8 Å². The molecule has 0 spiro atoms. The minimum absolute atomic E-state index is 0.237. The smallest absolute Gasteiger partial charge is 0.421 e. The highest BCUT2D eigenvalue weighted by Crippen LogP contribution is 2.42. The minimum Gasteiger partial charge on any atom is -0.443 e. The predicted octanol–water partition coefficient (Wildman–Crippen LogP) is 2.13. The summed E-state index contributed by atoms with van der Waals surface area (Å²) in [6.07, 6.45) is -1.26. The fourth-order valence-corrected chi connectivity index (χ4v) is 2.45. The number of imide groups is 1. The number of nitrogens with zero attached hydrogens (tertiary/aromatic N) is 1. The average molecular weight is 305 g/mol. The minimum atomic E-state index is -2.03. The van der Waals surface area contributed by atoms with Gasteiger partial charge < -0.3 is 9.84 Å². The van der Waals surface area contributed by atoms with Crippen LogP contribution in [0.3, 0.4) is 0 Å². The van der Waals surface area contributed by atoms with Gasteiger partial charge in [-0.15, -0.1) is 0 Å². The fourth-order valence-electron chi connectivity index (χ4n) is 2.45. The van der Waals surface area contributed by atoms with E-state index in [-0.39, 0.29) is 23.5 Å². The lowest BCUT2D eigenvalue weighted by molar-refractivity contribution is -0.141. The molecule has 2 amide bonds. The summed E-state index contributed by atoms with van der Waals surface area (Å²) >= 11 is 0. The third kappa shape index (κ3) is 2.74. The van der Waals surface area contributed by atoms with Crippen LogP contribution in [0.15, 0.2) is 24.3 Å². The van der Waals surface area contributed by atoms with Crippen molar-refractivity contribution in [3.63, 3.8) is 0 Å². The summed E-state index contributed by atoms with van der Waals surface area (Å²) in [6, 6.07) is 6.34. The molecule has 0 saturated carbocycles. The Hall–Kier alpha value is -2.21. The zero-order valence-electron chi connectivity index (χ0n) is 13.0. The molecule has 1 N–H and O–H groups in total. The highest BCUT2D eigenvalue weighted by molar-refractivity contribution is 6.21. The molecule has 0 aliphatic carbocycles. The number of carbonyl (C=O) groups is 3. The largest absolute Gasteiger partial charge is 0.443 e. The number of ether oxygens (including phenoxy) is 1. The summed E-state index contributed by atoms with van der Waals surface area (Å²) in [7, 11) is 0. The van der Waals surface area contributed by atoms with E-state index in [4.69, 9.17) is 4.74 Å². The molecule has 1 aromatic rings. The molecule has 22 heavy (non-hydrogen) atoms. The van der Waals surface area contributed by atoms with Crippen molar-refractivity contribution in [1.29, 1.82) is 0 Å². The average Bonchev–Trinajstić information content (AvgIpc) is 2.56. The van der Waals surface area contributed by atoms with Crippen LogP contribution < -0.4 is 4.90 Å². The molecule has 118 valence electrons. The van der Waals surface area contributed by atoms with Crippen LogP contribution in [0.25, 0.3) is 0 Å². The van der Waals surface area contributed by atoms with Crippen LogP contribution in [0, 0.1) is 0 Å². The zero-order chi connectivity index (χ0) is 16.7. The van der Waals surface area contributed by atoms with Crippen LogP contribution in [0.2, 0.25) is 0 Å². The molecule has 1 aromatic carbocycles. The number of para-hydroxylation sites is 1. The van der Waals surface area contributed by atoms with E-state index >= 15 is 0 Å². The Morgan fingerprint density at radius 3 is 2.41 bits per heavy atom. The SMILES string of the molecule is CC(=O)C[C@]1(O)C(=O)N(C(=O)OC(C)(C)C)c2ccccc21. The molecule has 1 heterocycles. The molecule has 1 atom stereocenters. The highest BCUT2D eigenvalue weighted by atomic mass is 16.6. The molecule has 2 rings (SSSR count). The van der Waals surface area contributed by atoms with Gasteiger partial charge in [0.15, 0.2) is 5.60 Å². The Balaban J connectivity index is 2.48. The molecule has 0 aromatic heterocycles. The first-order valence-electron chi connectivity index (χ1n) is 6.95. The first kappa shape index (κ1) is 16.2. The van der Waals surface area contributed by atoms with Gasteiger partial charge in [-0.3, -0.25) is 9.59 Å². The monoisotopic (exact) mass is 305 g/mol. The number of Topliss-reactive ketones (excluding diaryl/α,β-unsaturated/α-hetero) is 1. The number of fused-ring (bicyclic) bond motifs is 1. The topological polar surface area (TPSA) is 83.9 Å². The van der Waals surface area contributed by atoms with Gasteiger partial charge in [-0.25, -0.2) is 9.69 Å². The molecule has 0 fully saturated rings. The lowest BCUT2D eigenvalue weighted by Crippen LogP contribution is -2.46. The van der Waals surface area contributed by atoms with Crippen LogP contribution in [-0.2, 0) is 19.9 Å². The molecule has 0 saturated heterocycles. The summed E-state index contributed by atoms with van der Waals surface area (Å²) in [4.78, 5) is 37.1. The van der Waals surface area contributed by atoms with Gasteiger partial charge in [-0.2, -0.15) is 0 Å². The second-order valence-electron chi connectivity index (χ2n) is 6.38. The standard InChI is InChI=1S/C16H19NO5/c1-10(18)9-16(21)11-7-5-6-8-12(11)17(13(16)19)14(20)22-15(2,3)4/h5-8,21H,9H2,1-4H3/t16-/m1/s1. The molecule has 6 nitrogen and oxygen atoms in total. The lowest BCUT2D eigenvalue weighted by Gasteiger charge is -2.25. The van der Waals surface area contributed by atoms with E-state index in [1.165, 1.54) is 19.1 Å². The van der Waals surface area contributed by atoms with Crippen molar-refractivity contribution in [3.05, 3.63) is 29.8 Å². The molecular weight excluding hydrogens is 286 g/mol. The van der Waals surface area contributed by atoms with E-state index in [0.29, 0.717) is 0 Å². The van der Waals surface area contributed by atoms with Crippen LogP contribution in [0.5, 0.6) is 0 Å². The zero-order valence-corrected chi connectivity index (χ0v) is 13.0. The Morgan fingerprint density at radius 2 is 1.86 bits per heavy atom. The molecule has 1 aliphatic heterocycles. The van der Waals surface area contributed by atoms with Gasteiger partial charge in [0.1, 0.15) is 11.4 Å². The van der Waals surface area contributed by atoms with Crippen LogP contribution in [0.4, 0.5) is 10.5 Å². The maximum atomic E-state index is 12.6. The maximum absolute atomic E-state index is 12.6. The third-order valence-corrected chi connectivity index (χ3v) is 3.23. The summed E-state index contributed by atoms with van der Waals surface area (Å²) < 4.78 is 5.22. The van der Waals surface area contributed by atoms with Gasteiger partial charge in [0.25, 0.3) is 5.91 Å². The lowest BCUT2D eigenvalue weighted by atomic mass is 9.90. The van der Waals surface area contributed by atoms with Crippen molar-refractivity contribution in [2.24, 2.45) is 0 Å². The van der Waals surface area contributed by atoms with Crippen LogP contribution in [0.1, 0.15) is 39.7 Å². The first-order valence-corrected chi connectivity index (χ1v) is 6.95. The number of amides is 2. The van der Waals surface area contributed by atoms with Crippen molar-refractivity contribution >= 4 is 23.5 Å². The molecule has 0 radical (unpaired) electrons. The normalized spacial score (nSPS) is 20.8. The van der Waals surface area contributed by atoms with Gasteiger partial charge in [0, 0.05) is 12.0 Å². The number of rotatable bonds is 2. The van der Waals surface area contributed by atoms with E-state index in [1.807, 2.05) is 0 Å². The number of aliphatic hydroxyl groups is 1. The van der Waals surface area contributed by atoms with E-state index in [9.17, 15) is 19.5 Å². The van der Waals surface area contributed by atoms with E-state index in [2.05, 4.69) is 0 Å². The maximum Gasteiger partial charge on any atom is 0.421 e. The molecule has 0 bridgehead atoms. The Bertz CT molecular complexity index is 646. The number of benzene rings is 1. The van der Waals surface area contributed by atoms with Crippen molar-refractivity contribution in [3.8, 4) is 0 Å². The highest BCUT2D eigenvalue weighted by Gasteiger charge is 2.53. The Kier molecular flexibility index (Phi) is 3.83. The second-order valence-corrected chi connectivity index (χ2v) is 6.38. The van der Waals surface area contributed by atoms with E-state index in [0.717, 1.165) is 4.90 Å². The third-order valence-electron chi connectivity index (χ3n) is 3.23. The number of anilines is 1. The van der Waals surface area contributed by atoms with E-state index < -0.39 is 23.2 Å². The predicted molar refractivity (Wildman–Crippen MR) is 79.4 cm³/mol. The van der Waals surface area contributed by atoms with Crippen LogP contribution >= 0.6 is 0 Å². The van der Waals surface area contributed by atoms with Crippen LogP contribution in [-0.4, -0.2) is 28.5 Å². The Labute approximate surface area is 128 Å². The van der Waals surface area contributed by atoms with Crippen molar-refractivity contribution in [1.82, 2.24) is 0 Å². The summed E-state index contributed by atoms with van der Waals surface area (Å²) in [5.74, 6) is -1.21. The molecule has 0 unspecified atom stereocenters. The Morgan fingerprint density at radius 1 is 1.27 bits per heavy atom. The molecule has 1 aliphatic rings. The summed E-state index contributed by atoms with van der Waals surface area (Å²) in [5, 5.41) is 10.7. The van der Waals surface area contributed by atoms with Crippen molar-refractivity contribution in [2.45, 2.75) is 45.3 Å². The van der Waals surface area contributed by atoms with Crippen molar-refractivity contribution in [2.75, 3.05) is 4.90 Å². The van der Waals surface area contributed by atoms with Gasteiger partial charge >= 0.3 is 6.09 Å².